The Hall–Kier alpha value is -2.14. The molecular weight excluding hydrogens is 459 g/mol. The molecule has 10 heteroatoms. The van der Waals surface area contributed by atoms with Crippen LogP contribution >= 0.6 is 23.6 Å². The summed E-state index contributed by atoms with van der Waals surface area (Å²) in [5.41, 5.74) is 2.34. The van der Waals surface area contributed by atoms with Crippen LogP contribution in [-0.2, 0) is 17.1 Å². The fourth-order valence-electron chi connectivity index (χ4n) is 3.95. The Bertz CT molecular complexity index is 1000. The Kier molecular flexibility index (Phi) is 8.24. The lowest BCUT2D eigenvalue weighted by Crippen LogP contribution is -2.46. The van der Waals surface area contributed by atoms with Gasteiger partial charge in [-0.25, -0.2) is 14.4 Å². The predicted molar refractivity (Wildman–Crippen MR) is 134 cm³/mol. The van der Waals surface area contributed by atoms with Gasteiger partial charge in [-0.1, -0.05) is 23.5 Å². The maximum Gasteiger partial charge on any atom is 0.187 e. The number of aromatic nitrogens is 3. The van der Waals surface area contributed by atoms with Crippen LogP contribution in [-0.4, -0.2) is 59.3 Å². The first-order valence-corrected chi connectivity index (χ1v) is 12.8. The number of rotatable bonds is 10. The number of halogens is 1. The summed E-state index contributed by atoms with van der Waals surface area (Å²) >= 11 is 3.05. The maximum atomic E-state index is 13.2. The number of hydrogen-bond donors (Lipinski definition) is 0. The van der Waals surface area contributed by atoms with Crippen molar-refractivity contribution in [1.29, 1.82) is 0 Å². The van der Waals surface area contributed by atoms with E-state index in [0.29, 0.717) is 6.61 Å². The molecule has 0 amide bonds. The summed E-state index contributed by atoms with van der Waals surface area (Å²) in [7, 11) is 2.00. The van der Waals surface area contributed by atoms with E-state index in [0.717, 1.165) is 54.8 Å². The van der Waals surface area contributed by atoms with Crippen LogP contribution in [0, 0.1) is 5.82 Å². The van der Waals surface area contributed by atoms with Crippen LogP contribution in [0.25, 0.3) is 0 Å². The standard InChI is InChI=1S/C23H31FN6OS2/c1-4-31-33-27(3)22-15-26-23(32-22)29-11-9-28(10-12-29)16-21-14-25-17-30(21)18(2)13-19-5-7-20(24)8-6-19/h5-8,14-15,17-18H,4,9-13,16H2,1-3H3. The zero-order valence-electron chi connectivity index (χ0n) is 19.4. The summed E-state index contributed by atoms with van der Waals surface area (Å²) in [6.07, 6.45) is 6.64. The molecule has 33 heavy (non-hydrogen) atoms. The van der Waals surface area contributed by atoms with Crippen LogP contribution in [0.1, 0.15) is 31.1 Å². The van der Waals surface area contributed by atoms with E-state index in [4.69, 9.17) is 4.18 Å². The maximum absolute atomic E-state index is 13.2. The van der Waals surface area contributed by atoms with Crippen molar-refractivity contribution < 1.29 is 8.57 Å². The molecule has 1 saturated heterocycles. The van der Waals surface area contributed by atoms with Crippen LogP contribution in [0.2, 0.25) is 0 Å². The monoisotopic (exact) mass is 490 g/mol. The van der Waals surface area contributed by atoms with Crippen LogP contribution in [0.3, 0.4) is 0 Å². The number of piperazine rings is 1. The van der Waals surface area contributed by atoms with Crippen molar-refractivity contribution in [3.8, 4) is 0 Å². The SMILES string of the molecule is CCOSN(C)c1cnc(N2CCN(Cc3cncn3C(C)Cc3ccc(F)cc3)CC2)s1. The summed E-state index contributed by atoms with van der Waals surface area (Å²) in [6, 6.07) is 7.03. The third kappa shape index (κ3) is 6.26. The molecular formula is C23H31FN6OS2. The summed E-state index contributed by atoms with van der Waals surface area (Å²) in [6.45, 7) is 9.59. The van der Waals surface area contributed by atoms with Gasteiger partial charge in [-0.2, -0.15) is 0 Å². The van der Waals surface area contributed by atoms with E-state index >= 15 is 0 Å². The minimum Gasteiger partial charge on any atom is -0.345 e. The lowest BCUT2D eigenvalue weighted by Gasteiger charge is -2.34. The molecule has 1 aliphatic heterocycles. The topological polar surface area (TPSA) is 49.7 Å². The van der Waals surface area contributed by atoms with Gasteiger partial charge in [0.05, 0.1) is 24.8 Å². The first-order valence-electron chi connectivity index (χ1n) is 11.2. The highest BCUT2D eigenvalue weighted by Gasteiger charge is 2.22. The Morgan fingerprint density at radius 3 is 2.67 bits per heavy atom. The smallest absolute Gasteiger partial charge is 0.187 e. The van der Waals surface area contributed by atoms with Gasteiger partial charge in [0.25, 0.3) is 0 Å². The molecule has 2 aromatic heterocycles. The van der Waals surface area contributed by atoms with Gasteiger partial charge in [-0.15, -0.1) is 0 Å². The van der Waals surface area contributed by atoms with Gasteiger partial charge in [0, 0.05) is 52.0 Å². The van der Waals surface area contributed by atoms with Crippen molar-refractivity contribution >= 4 is 33.7 Å². The molecule has 7 nitrogen and oxygen atoms in total. The van der Waals surface area contributed by atoms with Crippen LogP contribution in [0.5, 0.6) is 0 Å². The van der Waals surface area contributed by atoms with Crippen LogP contribution in [0.4, 0.5) is 14.5 Å². The van der Waals surface area contributed by atoms with Gasteiger partial charge in [0.15, 0.2) is 5.13 Å². The van der Waals surface area contributed by atoms with E-state index in [1.165, 1.54) is 30.1 Å². The van der Waals surface area contributed by atoms with E-state index in [2.05, 4.69) is 31.3 Å². The molecule has 3 heterocycles. The lowest BCUT2D eigenvalue weighted by atomic mass is 10.1. The van der Waals surface area contributed by atoms with E-state index in [-0.39, 0.29) is 11.9 Å². The second-order valence-corrected chi connectivity index (χ2v) is 10.1. The van der Waals surface area contributed by atoms with Crippen molar-refractivity contribution in [2.24, 2.45) is 0 Å². The van der Waals surface area contributed by atoms with E-state index < -0.39 is 0 Å². The Morgan fingerprint density at radius 1 is 1.18 bits per heavy atom. The third-order valence-corrected chi connectivity index (χ3v) is 7.78. The molecule has 0 bridgehead atoms. The predicted octanol–water partition coefficient (Wildman–Crippen LogP) is 4.64. The molecule has 3 aromatic rings. The second-order valence-electron chi connectivity index (χ2n) is 8.19. The Balaban J connectivity index is 1.30. The quantitative estimate of drug-likeness (QED) is 0.303. The number of nitrogens with zero attached hydrogens (tertiary/aromatic N) is 6. The average molecular weight is 491 g/mol. The molecule has 1 atom stereocenters. The summed E-state index contributed by atoms with van der Waals surface area (Å²) in [5, 5.41) is 2.15. The second kappa shape index (κ2) is 11.3. The number of benzene rings is 1. The molecule has 1 fully saturated rings. The Labute approximate surface area is 203 Å². The van der Waals surface area contributed by atoms with Gasteiger partial charge < -0.3 is 9.47 Å². The average Bonchev–Trinajstić information content (AvgIpc) is 3.50. The molecule has 1 aromatic carbocycles. The highest BCUT2D eigenvalue weighted by Crippen LogP contribution is 2.33. The van der Waals surface area contributed by atoms with Crippen molar-refractivity contribution in [2.45, 2.75) is 32.9 Å². The van der Waals surface area contributed by atoms with Crippen LogP contribution in [0.15, 0.2) is 43.0 Å². The number of anilines is 2. The number of thiazole rings is 1. The highest BCUT2D eigenvalue weighted by molar-refractivity contribution is 7.96. The minimum atomic E-state index is -0.195. The fraction of sp³-hybridized carbons (Fsp3) is 0.478. The van der Waals surface area contributed by atoms with E-state index in [1.807, 2.05) is 49.1 Å². The summed E-state index contributed by atoms with van der Waals surface area (Å²) in [4.78, 5) is 13.9. The molecule has 0 radical (unpaired) electrons. The van der Waals surface area contributed by atoms with Gasteiger partial charge in [0.1, 0.15) is 23.0 Å². The number of hydrogen-bond acceptors (Lipinski definition) is 8. The summed E-state index contributed by atoms with van der Waals surface area (Å²) in [5.74, 6) is -0.195. The zero-order chi connectivity index (χ0) is 23.2. The normalized spacial score (nSPS) is 15.7. The van der Waals surface area contributed by atoms with Crippen molar-refractivity contribution in [1.82, 2.24) is 19.4 Å². The molecule has 178 valence electrons. The molecule has 1 aliphatic rings. The van der Waals surface area contributed by atoms with Crippen LogP contribution < -0.4 is 9.21 Å². The molecule has 0 spiro atoms. The largest absolute Gasteiger partial charge is 0.345 e. The van der Waals surface area contributed by atoms with Crippen molar-refractivity contribution in [3.05, 3.63) is 60.1 Å². The minimum absolute atomic E-state index is 0.195. The zero-order valence-corrected chi connectivity index (χ0v) is 21.0. The summed E-state index contributed by atoms with van der Waals surface area (Å²) < 4.78 is 22.9. The van der Waals surface area contributed by atoms with E-state index in [1.54, 1.807) is 11.3 Å². The molecule has 0 N–H and O–H groups in total. The van der Waals surface area contributed by atoms with Crippen molar-refractivity contribution in [2.75, 3.05) is 49.0 Å². The van der Waals surface area contributed by atoms with Gasteiger partial charge in [0.2, 0.25) is 0 Å². The van der Waals surface area contributed by atoms with E-state index in [9.17, 15) is 4.39 Å². The molecule has 1 unspecified atom stereocenters. The molecule has 4 rings (SSSR count). The van der Waals surface area contributed by atoms with Gasteiger partial charge in [-0.3, -0.25) is 13.4 Å². The van der Waals surface area contributed by atoms with Crippen molar-refractivity contribution in [3.63, 3.8) is 0 Å². The van der Waals surface area contributed by atoms with Gasteiger partial charge in [-0.05, 0) is 38.0 Å². The third-order valence-electron chi connectivity index (χ3n) is 5.77. The molecule has 0 saturated carbocycles. The first-order chi connectivity index (χ1) is 16.0. The lowest BCUT2D eigenvalue weighted by molar-refractivity contribution is 0.242. The molecule has 0 aliphatic carbocycles. The fourth-order valence-corrected chi connectivity index (χ4v) is 5.38. The number of imidazole rings is 1. The Morgan fingerprint density at radius 2 is 1.94 bits per heavy atom. The highest BCUT2D eigenvalue weighted by atomic mass is 32.2. The van der Waals surface area contributed by atoms with Gasteiger partial charge >= 0.3 is 0 Å². The first kappa shape index (κ1) is 24.0.